The smallest absolute Gasteiger partial charge is 0.415 e. The largest absolute Gasteiger partial charge is 0.492 e. The Labute approximate surface area is 491 Å². The number of aryl methyl sites for hydroxylation is 1. The van der Waals surface area contributed by atoms with Crippen molar-refractivity contribution >= 4 is 97.4 Å². The van der Waals surface area contributed by atoms with Crippen LogP contribution in [-0.4, -0.2) is 164 Å². The Morgan fingerprint density at radius 2 is 1.56 bits per heavy atom. The van der Waals surface area contributed by atoms with Gasteiger partial charge in [-0.05, 0) is 123 Å². The van der Waals surface area contributed by atoms with Gasteiger partial charge in [0.2, 0.25) is 17.7 Å². The third-order valence-corrected chi connectivity index (χ3v) is 16.0. The van der Waals surface area contributed by atoms with E-state index >= 15 is 0 Å². The molecule has 84 heavy (non-hydrogen) atoms. The first kappa shape index (κ1) is 61.6. The number of amides is 10. The van der Waals surface area contributed by atoms with Gasteiger partial charge in [-0.15, -0.1) is 11.3 Å². The Morgan fingerprint density at radius 1 is 0.833 bits per heavy atom. The van der Waals surface area contributed by atoms with E-state index in [0.717, 1.165) is 62.4 Å². The van der Waals surface area contributed by atoms with Gasteiger partial charge in [-0.1, -0.05) is 32.4 Å². The molecule has 448 valence electrons. The van der Waals surface area contributed by atoms with E-state index in [1.807, 2.05) is 50.4 Å². The molecular formula is C60H75N11O12S. The van der Waals surface area contributed by atoms with Gasteiger partial charge < -0.3 is 60.9 Å². The van der Waals surface area contributed by atoms with Crippen molar-refractivity contribution in [1.29, 1.82) is 0 Å². The summed E-state index contributed by atoms with van der Waals surface area (Å²) in [6.45, 7) is 10.4. The van der Waals surface area contributed by atoms with E-state index in [-0.39, 0.29) is 75.8 Å². The lowest BCUT2D eigenvalue weighted by molar-refractivity contribution is -0.137. The Hall–Kier alpha value is -8.51. The highest BCUT2D eigenvalue weighted by Gasteiger charge is 2.33. The van der Waals surface area contributed by atoms with E-state index < -0.39 is 41.5 Å². The molecule has 1 saturated heterocycles. The lowest BCUT2D eigenvalue weighted by Crippen LogP contribution is -2.47. The fourth-order valence-corrected chi connectivity index (χ4v) is 11.8. The number of H-pyrrole nitrogens is 1. The molecule has 0 unspecified atom stereocenters. The first-order valence-electron chi connectivity index (χ1n) is 28.4. The van der Waals surface area contributed by atoms with Crippen molar-refractivity contribution in [3.63, 3.8) is 0 Å². The van der Waals surface area contributed by atoms with Crippen molar-refractivity contribution in [3.8, 4) is 11.5 Å². The second-order valence-electron chi connectivity index (χ2n) is 22.3. The van der Waals surface area contributed by atoms with Crippen LogP contribution in [0.1, 0.15) is 92.4 Å². The summed E-state index contributed by atoms with van der Waals surface area (Å²) in [4.78, 5) is 126. The van der Waals surface area contributed by atoms with Crippen LogP contribution in [0.2, 0.25) is 0 Å². The minimum absolute atomic E-state index is 0.0860. The predicted molar refractivity (Wildman–Crippen MR) is 318 cm³/mol. The number of unbranched alkanes of at least 4 members (excludes halogenated alkanes) is 2. The minimum atomic E-state index is -1.04. The number of aromatic nitrogens is 1. The molecule has 5 aromatic rings. The lowest BCUT2D eigenvalue weighted by Gasteiger charge is -2.33. The summed E-state index contributed by atoms with van der Waals surface area (Å²) in [5, 5.41) is 14.3. The van der Waals surface area contributed by atoms with Crippen molar-refractivity contribution in [2.45, 2.75) is 91.2 Å². The van der Waals surface area contributed by atoms with Crippen molar-refractivity contribution < 1.29 is 57.4 Å². The summed E-state index contributed by atoms with van der Waals surface area (Å²) in [5.41, 5.74) is 9.60. The molecule has 3 aliphatic heterocycles. The maximum absolute atomic E-state index is 14.3. The number of aromatic amines is 1. The average molecular weight is 1170 g/mol. The van der Waals surface area contributed by atoms with E-state index in [9.17, 15) is 43.2 Å². The molecule has 0 radical (unpaired) electrons. The van der Waals surface area contributed by atoms with Gasteiger partial charge in [0.1, 0.15) is 30.7 Å². The number of fused-ring (bicyclic) bond motifs is 4. The van der Waals surface area contributed by atoms with Crippen LogP contribution in [0.15, 0.2) is 72.1 Å². The van der Waals surface area contributed by atoms with E-state index in [1.54, 1.807) is 49.3 Å². The molecule has 3 aliphatic rings. The van der Waals surface area contributed by atoms with E-state index in [0.29, 0.717) is 73.6 Å². The summed E-state index contributed by atoms with van der Waals surface area (Å²) < 4.78 is 18.7. The maximum atomic E-state index is 14.3. The molecule has 0 spiro atoms. The van der Waals surface area contributed by atoms with Crippen LogP contribution in [0, 0.1) is 12.3 Å². The fourth-order valence-electron chi connectivity index (χ4n) is 10.8. The number of anilines is 2. The van der Waals surface area contributed by atoms with Crippen LogP contribution in [0.5, 0.6) is 11.5 Å². The topological polar surface area (TPSA) is 287 Å². The standard InChI is InChI=1S/C60H75N11O12S/c1-38-35-84-54-48(32-47-43(53(38)54)22-27-70(47)56(77)46-31-40-30-42(18-19-44(40)65-46)81-29-28-69-24-9-10-25-69)83-59(80)68(5)37-60(2,3)36-67(4)58(79)82-34-39-14-16-41(17-15-39)64-55(76)45(12-11-23-62-57(61)78)66-50(73)33-63-49(72)13-7-6-8-26-71-51(74)20-21-52(71)75/h14-21,30-32,35,45,65H,6-13,22-29,33-34,36-37H2,1-5H3,(H,63,72)(H,64,76)(H,66,73)(H3,61,62,78)/t45-/m0/s1. The number of rotatable bonds is 27. The van der Waals surface area contributed by atoms with Gasteiger partial charge in [0, 0.05) is 105 Å². The zero-order valence-corrected chi connectivity index (χ0v) is 49.1. The molecular weight excluding hydrogens is 1100 g/mol. The summed E-state index contributed by atoms with van der Waals surface area (Å²) >= 11 is 1.48. The van der Waals surface area contributed by atoms with Gasteiger partial charge in [-0.3, -0.25) is 38.6 Å². The van der Waals surface area contributed by atoms with Crippen LogP contribution in [0.4, 0.5) is 25.8 Å². The number of carbonyl (C=O) groups is 9. The maximum Gasteiger partial charge on any atom is 0.415 e. The summed E-state index contributed by atoms with van der Waals surface area (Å²) in [6, 6.07) is 14.2. The SMILES string of the molecule is Cc1csc2c(OC(=O)N(C)CC(C)(C)CN(C)C(=O)OCc3ccc(NC(=O)[C@H](CCCNC(N)=O)NC(=O)CNC(=O)CCCCCN4C(=O)C=CC4=O)cc3)cc3c(c12)CCN3C(=O)c1cc2cc(OCCN3CCCC3)ccc2[nH]1. The fraction of sp³-hybridized carbons (Fsp3) is 0.450. The molecule has 1 atom stereocenters. The van der Waals surface area contributed by atoms with E-state index in [4.69, 9.17) is 19.9 Å². The first-order valence-corrected chi connectivity index (χ1v) is 29.3. The van der Waals surface area contributed by atoms with E-state index in [1.165, 1.54) is 46.1 Å². The molecule has 24 heteroatoms. The number of carbonyl (C=O) groups excluding carboxylic acids is 9. The Morgan fingerprint density at radius 3 is 2.29 bits per heavy atom. The van der Waals surface area contributed by atoms with Gasteiger partial charge in [0.25, 0.3) is 17.7 Å². The van der Waals surface area contributed by atoms with E-state index in [2.05, 4.69) is 31.2 Å². The van der Waals surface area contributed by atoms with Crippen molar-refractivity contribution in [1.82, 2.24) is 40.5 Å². The number of benzene rings is 3. The molecule has 10 amide bonds. The van der Waals surface area contributed by atoms with Crippen LogP contribution < -0.4 is 41.4 Å². The van der Waals surface area contributed by atoms with Gasteiger partial charge in [0.15, 0.2) is 5.75 Å². The molecule has 1 fully saturated rings. The number of ether oxygens (including phenoxy) is 3. The average Bonchev–Trinajstić information content (AvgIpc) is 3.34. The normalized spacial score (nSPS) is 14.4. The highest BCUT2D eigenvalue weighted by Crippen LogP contribution is 2.45. The second-order valence-corrected chi connectivity index (χ2v) is 23.2. The molecule has 2 aromatic heterocycles. The number of urea groups is 1. The number of primary amides is 1. The molecule has 0 saturated carbocycles. The summed E-state index contributed by atoms with van der Waals surface area (Å²) in [7, 11) is 3.24. The molecule has 5 heterocycles. The van der Waals surface area contributed by atoms with Gasteiger partial charge in [0.05, 0.1) is 16.9 Å². The molecule has 23 nitrogen and oxygen atoms in total. The third-order valence-electron chi connectivity index (χ3n) is 14.9. The van der Waals surface area contributed by atoms with Crippen molar-refractivity contribution in [2.75, 3.05) is 89.8 Å². The van der Waals surface area contributed by atoms with Gasteiger partial charge >= 0.3 is 18.2 Å². The zero-order chi connectivity index (χ0) is 60.1. The minimum Gasteiger partial charge on any atom is -0.492 e. The Bertz CT molecular complexity index is 3280. The number of imide groups is 1. The van der Waals surface area contributed by atoms with Gasteiger partial charge in [-0.2, -0.15) is 0 Å². The van der Waals surface area contributed by atoms with Crippen molar-refractivity contribution in [3.05, 3.63) is 94.5 Å². The monoisotopic (exact) mass is 1170 g/mol. The number of likely N-dealkylation sites (tertiary alicyclic amines) is 1. The molecule has 3 aromatic carbocycles. The molecule has 0 bridgehead atoms. The lowest BCUT2D eigenvalue weighted by atomic mass is 9.92. The number of nitrogens with one attached hydrogen (secondary N) is 5. The van der Waals surface area contributed by atoms with Crippen LogP contribution in [-0.2, 0) is 41.7 Å². The number of nitrogens with zero attached hydrogens (tertiary/aromatic N) is 5. The number of hydrogen-bond acceptors (Lipinski definition) is 14. The quantitative estimate of drug-likeness (QED) is 0.0240. The highest BCUT2D eigenvalue weighted by atomic mass is 32.1. The second kappa shape index (κ2) is 28.2. The number of hydrogen-bond donors (Lipinski definition) is 6. The Balaban J connectivity index is 0.786. The molecule has 0 aliphatic carbocycles. The third kappa shape index (κ3) is 16.4. The highest BCUT2D eigenvalue weighted by molar-refractivity contribution is 7.17. The summed E-state index contributed by atoms with van der Waals surface area (Å²) in [5.74, 6) is -1.35. The zero-order valence-electron chi connectivity index (χ0n) is 48.3. The number of nitrogens with two attached hydrogens (primary N) is 1. The van der Waals surface area contributed by atoms with Crippen molar-refractivity contribution in [2.24, 2.45) is 11.1 Å². The number of thiophene rings is 1. The molecule has 8 rings (SSSR count). The first-order chi connectivity index (χ1) is 40.2. The molecule has 7 N–H and O–H groups in total. The van der Waals surface area contributed by atoms with Gasteiger partial charge in [-0.25, -0.2) is 14.4 Å². The summed E-state index contributed by atoms with van der Waals surface area (Å²) in [6.07, 6.45) is 6.46. The van der Waals surface area contributed by atoms with Crippen LogP contribution >= 0.6 is 11.3 Å². The Kier molecular flexibility index (Phi) is 20.6. The van der Waals surface area contributed by atoms with Crippen LogP contribution in [0.25, 0.3) is 21.0 Å². The predicted octanol–water partition coefficient (Wildman–Crippen LogP) is 6.57. The van der Waals surface area contributed by atoms with Crippen LogP contribution in [0.3, 0.4) is 0 Å².